The molecule has 0 bridgehead atoms. The van der Waals surface area contributed by atoms with Gasteiger partial charge in [-0.3, -0.25) is 9.34 Å². The molecule has 0 aromatic rings. The molecule has 6 N–H and O–H groups in total. The van der Waals surface area contributed by atoms with Crippen molar-refractivity contribution in [1.29, 1.82) is 0 Å². The molecular formula is C6H22N7P. The summed E-state index contributed by atoms with van der Waals surface area (Å²) in [5, 5.41) is 0. The molecule has 0 aliphatic heterocycles. The summed E-state index contributed by atoms with van der Waals surface area (Å²) >= 11 is 0. The average molecular weight is 223 g/mol. The topological polar surface area (TPSA) is 100 Å². The Kier molecular flexibility index (Phi) is 5.17. The third kappa shape index (κ3) is 2.32. The molecule has 86 valence electrons. The van der Waals surface area contributed by atoms with Crippen molar-refractivity contribution in [2.24, 2.45) is 22.2 Å². The van der Waals surface area contributed by atoms with Crippen LogP contribution < -0.4 is 17.3 Å². The van der Waals surface area contributed by atoms with Crippen LogP contribution in [0.15, 0.2) is 4.85 Å². The molecule has 0 saturated heterocycles. The molecule has 14 heavy (non-hydrogen) atoms. The highest BCUT2D eigenvalue weighted by atomic mass is 31.2. The predicted molar refractivity (Wildman–Crippen MR) is 60.8 cm³/mol. The van der Waals surface area contributed by atoms with Gasteiger partial charge in [0.1, 0.15) is 6.29 Å². The Morgan fingerprint density at radius 2 is 1.36 bits per heavy atom. The summed E-state index contributed by atoms with van der Waals surface area (Å²) in [5.41, 5.74) is 11.3. The summed E-state index contributed by atoms with van der Waals surface area (Å²) in [6, 6.07) is 0. The van der Waals surface area contributed by atoms with Crippen LogP contribution in [0.5, 0.6) is 0 Å². The molecule has 0 unspecified atom stereocenters. The van der Waals surface area contributed by atoms with Gasteiger partial charge in [-0.1, -0.05) is 0 Å². The van der Waals surface area contributed by atoms with E-state index in [0.717, 1.165) is 0 Å². The number of nitrogens with zero attached hydrogens (tertiary/aromatic N) is 4. The summed E-state index contributed by atoms with van der Waals surface area (Å²) < 4.78 is 5.67. The van der Waals surface area contributed by atoms with E-state index < -0.39 is 13.8 Å². The molecule has 0 aromatic heterocycles. The minimum atomic E-state index is -2.12. The van der Waals surface area contributed by atoms with Gasteiger partial charge in [0.25, 0.3) is 0 Å². The van der Waals surface area contributed by atoms with Crippen LogP contribution in [0.25, 0.3) is 0 Å². The van der Waals surface area contributed by atoms with Crippen LogP contribution in [0.1, 0.15) is 0 Å². The lowest BCUT2D eigenvalue weighted by molar-refractivity contribution is 0.355. The molecule has 0 atom stereocenters. The number of hydrogen-bond acceptors (Lipinski definition) is 3. The fourth-order valence-corrected chi connectivity index (χ4v) is 4.17. The number of nitrogens with two attached hydrogens (primary N) is 3. The Balaban J connectivity index is 5.28. The lowest BCUT2D eigenvalue weighted by atomic mass is 10.9. The molecule has 0 saturated carbocycles. The average Bonchev–Trinajstić information content (AvgIpc) is 2.04. The molecular weight excluding hydrogens is 201 g/mol. The Labute approximate surface area is 86.0 Å². The van der Waals surface area contributed by atoms with Crippen molar-refractivity contribution in [2.75, 3.05) is 35.2 Å². The molecule has 0 spiro atoms. The van der Waals surface area contributed by atoms with Gasteiger partial charge in [-0.25, -0.2) is 10.5 Å². The molecule has 0 rings (SSSR count). The van der Waals surface area contributed by atoms with E-state index in [4.69, 9.17) is 17.3 Å². The fraction of sp³-hybridized carbons (Fsp3) is 1.00. The maximum absolute atomic E-state index is 5.64. The Bertz CT molecular complexity index is 212. The van der Waals surface area contributed by atoms with Crippen molar-refractivity contribution in [1.82, 2.24) is 14.0 Å². The second-order valence-electron chi connectivity index (χ2n) is 3.41. The first-order valence-corrected chi connectivity index (χ1v) is 5.82. The first kappa shape index (κ1) is 14.0. The van der Waals surface area contributed by atoms with E-state index >= 15 is 0 Å². The number of rotatable bonds is 4. The predicted octanol–water partition coefficient (Wildman–Crippen LogP) is -0.938. The third-order valence-corrected chi connectivity index (χ3v) is 5.65. The lowest BCUT2D eigenvalue weighted by Gasteiger charge is -2.43. The monoisotopic (exact) mass is 223 g/mol. The zero-order valence-electron chi connectivity index (χ0n) is 9.55. The van der Waals surface area contributed by atoms with Crippen LogP contribution in [0.2, 0.25) is 0 Å². The van der Waals surface area contributed by atoms with Gasteiger partial charge in [0, 0.05) is 0 Å². The smallest absolute Gasteiger partial charge is 0.186 e. The zero-order chi connectivity index (χ0) is 11.5. The summed E-state index contributed by atoms with van der Waals surface area (Å²) in [5.74, 6) is 5.49. The minimum Gasteiger partial charge on any atom is -0.303 e. The van der Waals surface area contributed by atoms with Crippen LogP contribution in [0, 0.1) is 0 Å². The molecule has 0 aromatic carbocycles. The van der Waals surface area contributed by atoms with E-state index in [1.807, 2.05) is 44.6 Å². The van der Waals surface area contributed by atoms with E-state index in [9.17, 15) is 0 Å². The van der Waals surface area contributed by atoms with E-state index in [-0.39, 0.29) is 0 Å². The second kappa shape index (κ2) is 5.18. The van der Waals surface area contributed by atoms with Crippen molar-refractivity contribution in [3.63, 3.8) is 0 Å². The van der Waals surface area contributed by atoms with Gasteiger partial charge < -0.3 is 11.5 Å². The molecule has 0 aliphatic carbocycles. The molecule has 0 aliphatic rings. The van der Waals surface area contributed by atoms with Gasteiger partial charge in [-0.15, -0.1) is 0 Å². The van der Waals surface area contributed by atoms with Crippen LogP contribution in [0.3, 0.4) is 0 Å². The van der Waals surface area contributed by atoms with Crippen LogP contribution in [-0.4, -0.2) is 55.5 Å². The van der Waals surface area contributed by atoms with E-state index in [1.165, 1.54) is 0 Å². The van der Waals surface area contributed by atoms with E-state index in [2.05, 4.69) is 4.85 Å². The SMILES string of the molecule is CN(C)P(=NN)(N(C)C)N(C)C(N)N. The van der Waals surface area contributed by atoms with Crippen molar-refractivity contribution in [3.8, 4) is 0 Å². The normalized spacial score (nSPS) is 13.4. The maximum Gasteiger partial charge on any atom is 0.186 e. The van der Waals surface area contributed by atoms with Crippen molar-refractivity contribution in [2.45, 2.75) is 6.29 Å². The van der Waals surface area contributed by atoms with Gasteiger partial charge in [0.05, 0.1) is 0 Å². The quantitative estimate of drug-likeness (QED) is 0.246. The van der Waals surface area contributed by atoms with Gasteiger partial charge >= 0.3 is 0 Å². The minimum absolute atomic E-state index is 0.583. The molecule has 7 nitrogen and oxygen atoms in total. The van der Waals surface area contributed by atoms with Crippen LogP contribution in [-0.2, 0) is 0 Å². The molecule has 0 amide bonds. The summed E-state index contributed by atoms with van der Waals surface area (Å²) in [4.78, 5) is 3.97. The largest absolute Gasteiger partial charge is 0.303 e. The molecule has 0 heterocycles. The Morgan fingerprint density at radius 3 is 1.43 bits per heavy atom. The molecule has 0 fully saturated rings. The third-order valence-electron chi connectivity index (χ3n) is 2.08. The summed E-state index contributed by atoms with van der Waals surface area (Å²) in [6.07, 6.45) is -0.583. The van der Waals surface area contributed by atoms with Gasteiger partial charge in [-0.05, 0) is 35.2 Å². The molecule has 0 radical (unpaired) electrons. The highest BCUT2D eigenvalue weighted by molar-refractivity contribution is 7.59. The van der Waals surface area contributed by atoms with E-state index in [1.54, 1.807) is 4.67 Å². The van der Waals surface area contributed by atoms with Gasteiger partial charge in [0.15, 0.2) is 7.51 Å². The summed E-state index contributed by atoms with van der Waals surface area (Å²) in [7, 11) is 7.32. The zero-order valence-corrected chi connectivity index (χ0v) is 10.4. The van der Waals surface area contributed by atoms with Crippen LogP contribution >= 0.6 is 7.51 Å². The molecule has 8 heteroatoms. The standard InChI is InChI=1S/C6H22N7P/c1-11(2)14(10-9,12(3)4)13(5)6(7)8/h6H,7-9H2,1-5H3. The lowest BCUT2D eigenvalue weighted by Crippen LogP contribution is -2.49. The van der Waals surface area contributed by atoms with Crippen molar-refractivity contribution >= 4 is 7.51 Å². The van der Waals surface area contributed by atoms with Gasteiger partial charge in [0.2, 0.25) is 0 Å². The highest BCUT2D eigenvalue weighted by Gasteiger charge is 2.32. The number of hydrogen-bond donors (Lipinski definition) is 3. The maximum atomic E-state index is 5.64. The van der Waals surface area contributed by atoms with E-state index in [0.29, 0.717) is 0 Å². The van der Waals surface area contributed by atoms with Crippen molar-refractivity contribution < 1.29 is 0 Å². The van der Waals surface area contributed by atoms with Crippen LogP contribution in [0.4, 0.5) is 0 Å². The highest BCUT2D eigenvalue weighted by Crippen LogP contribution is 2.54. The fourth-order valence-electron chi connectivity index (χ4n) is 1.39. The first-order chi connectivity index (χ1) is 6.30. The van der Waals surface area contributed by atoms with Crippen molar-refractivity contribution in [3.05, 3.63) is 0 Å². The second-order valence-corrected chi connectivity index (χ2v) is 6.95. The Morgan fingerprint density at radius 1 is 1.00 bits per heavy atom. The summed E-state index contributed by atoms with van der Waals surface area (Å²) in [6.45, 7) is 0. The Hall–Kier alpha value is -0.0100. The first-order valence-electron chi connectivity index (χ1n) is 4.22. The van der Waals surface area contributed by atoms with Gasteiger partial charge in [-0.2, -0.15) is 4.85 Å².